The van der Waals surface area contributed by atoms with Gasteiger partial charge in [0.2, 0.25) is 0 Å². The molecule has 2 aliphatic carbocycles. The molecule has 2 saturated carbocycles. The highest BCUT2D eigenvalue weighted by Gasteiger charge is 2.39. The molecule has 0 aromatic carbocycles. The van der Waals surface area contributed by atoms with Gasteiger partial charge in [-0.15, -0.1) is 0 Å². The Kier molecular flexibility index (Phi) is 3.99. The van der Waals surface area contributed by atoms with Crippen LogP contribution in [0.5, 0.6) is 0 Å². The zero-order valence-electron chi connectivity index (χ0n) is 12.2. The van der Waals surface area contributed by atoms with Crippen molar-refractivity contribution in [3.63, 3.8) is 0 Å². The quantitative estimate of drug-likeness (QED) is 0.761. The van der Waals surface area contributed by atoms with E-state index >= 15 is 0 Å². The number of rotatable bonds is 2. The number of hydrazine groups is 1. The zero-order chi connectivity index (χ0) is 13.4. The summed E-state index contributed by atoms with van der Waals surface area (Å²) in [5.74, 6) is 1.85. The van der Waals surface area contributed by atoms with E-state index < -0.39 is 0 Å². The second-order valence-corrected chi connectivity index (χ2v) is 7.31. The van der Waals surface area contributed by atoms with Crippen LogP contribution in [-0.4, -0.2) is 28.2 Å². The van der Waals surface area contributed by atoms with Gasteiger partial charge < -0.3 is 5.32 Å². The molecule has 3 rings (SSSR count). The van der Waals surface area contributed by atoms with Crippen molar-refractivity contribution in [3.05, 3.63) is 0 Å². The minimum absolute atomic E-state index is 0.587. The average molecular weight is 281 g/mol. The van der Waals surface area contributed by atoms with E-state index in [2.05, 4.69) is 29.6 Å². The van der Waals surface area contributed by atoms with Crippen LogP contribution in [0.2, 0.25) is 0 Å². The van der Waals surface area contributed by atoms with E-state index in [4.69, 9.17) is 12.2 Å². The Morgan fingerprint density at radius 2 is 1.79 bits per heavy atom. The van der Waals surface area contributed by atoms with Gasteiger partial charge in [-0.05, 0) is 70.0 Å². The maximum atomic E-state index is 5.53. The van der Waals surface area contributed by atoms with Crippen LogP contribution < -0.4 is 10.7 Å². The van der Waals surface area contributed by atoms with E-state index in [1.54, 1.807) is 0 Å². The van der Waals surface area contributed by atoms with Gasteiger partial charge >= 0.3 is 0 Å². The second-order valence-electron chi connectivity index (χ2n) is 6.90. The molecule has 0 aromatic heterocycles. The first-order chi connectivity index (χ1) is 9.13. The first kappa shape index (κ1) is 13.6. The lowest BCUT2D eigenvalue weighted by atomic mass is 9.95. The molecule has 0 amide bonds. The van der Waals surface area contributed by atoms with Gasteiger partial charge in [0.05, 0.1) is 0 Å². The number of fused-ring (bicyclic) bond motifs is 2. The van der Waals surface area contributed by atoms with Crippen LogP contribution in [0.3, 0.4) is 0 Å². The summed E-state index contributed by atoms with van der Waals surface area (Å²) < 4.78 is 0. The Morgan fingerprint density at radius 1 is 1.05 bits per heavy atom. The fraction of sp³-hybridized carbons (Fsp3) is 0.933. The number of nitrogens with one attached hydrogen (secondary N) is 2. The van der Waals surface area contributed by atoms with Crippen LogP contribution >= 0.6 is 12.2 Å². The normalized spacial score (nSPS) is 42.3. The van der Waals surface area contributed by atoms with Crippen molar-refractivity contribution in [2.24, 2.45) is 11.8 Å². The Hall–Kier alpha value is -0.350. The number of thiocarbonyl (C=S) groups is 1. The van der Waals surface area contributed by atoms with Crippen molar-refractivity contribution in [1.29, 1.82) is 0 Å². The van der Waals surface area contributed by atoms with Gasteiger partial charge in [-0.2, -0.15) is 0 Å². The zero-order valence-corrected chi connectivity index (χ0v) is 13.0. The first-order valence-corrected chi connectivity index (χ1v) is 8.40. The van der Waals surface area contributed by atoms with Gasteiger partial charge in [0.25, 0.3) is 0 Å². The molecule has 5 atom stereocenters. The van der Waals surface area contributed by atoms with E-state index in [0.717, 1.165) is 16.9 Å². The maximum absolute atomic E-state index is 5.53. The molecule has 0 aromatic rings. The van der Waals surface area contributed by atoms with Crippen molar-refractivity contribution in [3.8, 4) is 0 Å². The smallest absolute Gasteiger partial charge is 0.181 e. The monoisotopic (exact) mass is 281 g/mol. The molecule has 2 bridgehead atoms. The highest BCUT2D eigenvalue weighted by Crippen LogP contribution is 2.44. The lowest BCUT2D eigenvalue weighted by Crippen LogP contribution is -2.58. The molecular weight excluding hydrogens is 254 g/mol. The van der Waals surface area contributed by atoms with Crippen molar-refractivity contribution in [2.75, 3.05) is 0 Å². The van der Waals surface area contributed by atoms with E-state index in [9.17, 15) is 0 Å². The van der Waals surface area contributed by atoms with Gasteiger partial charge in [-0.1, -0.05) is 12.8 Å². The Labute approximate surface area is 122 Å². The van der Waals surface area contributed by atoms with Crippen LogP contribution in [0.15, 0.2) is 0 Å². The number of hydrogen-bond donors (Lipinski definition) is 2. The standard InChI is InChI=1S/C15H27N3S/c1-10-4-3-5-11(2)18(10)17-15(19)16-14-9-12-6-7-13(14)8-12/h10-14H,3-9H2,1-2H3,(H2,16,17,19)/t10-,11-,12+,13+,14+/m0/s1. The summed E-state index contributed by atoms with van der Waals surface area (Å²) in [6.07, 6.45) is 9.49. The summed E-state index contributed by atoms with van der Waals surface area (Å²) in [5.41, 5.74) is 3.46. The van der Waals surface area contributed by atoms with Gasteiger partial charge in [0.1, 0.15) is 0 Å². The first-order valence-electron chi connectivity index (χ1n) is 7.99. The summed E-state index contributed by atoms with van der Waals surface area (Å²) in [6.45, 7) is 4.59. The molecule has 2 N–H and O–H groups in total. The molecule has 0 spiro atoms. The van der Waals surface area contributed by atoms with E-state index in [1.807, 2.05) is 0 Å². The van der Waals surface area contributed by atoms with Crippen LogP contribution in [-0.2, 0) is 0 Å². The summed E-state index contributed by atoms with van der Waals surface area (Å²) in [4.78, 5) is 0. The number of nitrogens with zero attached hydrogens (tertiary/aromatic N) is 1. The second kappa shape index (κ2) is 5.57. The minimum Gasteiger partial charge on any atom is -0.359 e. The molecule has 3 nitrogen and oxygen atoms in total. The van der Waals surface area contributed by atoms with Gasteiger partial charge in [0.15, 0.2) is 5.11 Å². The van der Waals surface area contributed by atoms with Crippen molar-refractivity contribution in [1.82, 2.24) is 15.8 Å². The molecule has 3 fully saturated rings. The van der Waals surface area contributed by atoms with E-state index in [-0.39, 0.29) is 0 Å². The van der Waals surface area contributed by atoms with Gasteiger partial charge in [-0.25, -0.2) is 5.01 Å². The molecule has 1 aliphatic heterocycles. The topological polar surface area (TPSA) is 27.3 Å². The minimum atomic E-state index is 0.587. The van der Waals surface area contributed by atoms with Crippen LogP contribution in [0.25, 0.3) is 0 Å². The van der Waals surface area contributed by atoms with Gasteiger partial charge in [0, 0.05) is 18.1 Å². The third-order valence-corrected chi connectivity index (χ3v) is 5.69. The molecule has 0 radical (unpaired) electrons. The Bertz CT molecular complexity index is 336. The maximum Gasteiger partial charge on any atom is 0.181 e. The number of piperidine rings is 1. The lowest BCUT2D eigenvalue weighted by Gasteiger charge is -2.40. The molecule has 1 saturated heterocycles. The molecule has 108 valence electrons. The van der Waals surface area contributed by atoms with E-state index in [1.165, 1.54) is 44.9 Å². The van der Waals surface area contributed by atoms with Crippen LogP contribution in [0.1, 0.15) is 58.8 Å². The summed E-state index contributed by atoms with van der Waals surface area (Å²) in [7, 11) is 0. The molecular formula is C15H27N3S. The predicted molar refractivity (Wildman–Crippen MR) is 82.7 cm³/mol. The Balaban J connectivity index is 1.50. The molecule has 1 heterocycles. The van der Waals surface area contributed by atoms with Crippen LogP contribution in [0, 0.1) is 11.8 Å². The fourth-order valence-corrected chi connectivity index (χ4v) is 4.64. The highest BCUT2D eigenvalue weighted by atomic mass is 32.1. The van der Waals surface area contributed by atoms with Crippen molar-refractivity contribution in [2.45, 2.75) is 76.9 Å². The summed E-state index contributed by atoms with van der Waals surface area (Å²) >= 11 is 5.53. The van der Waals surface area contributed by atoms with Crippen molar-refractivity contribution >= 4 is 17.3 Å². The third kappa shape index (κ3) is 2.89. The lowest BCUT2D eigenvalue weighted by molar-refractivity contribution is 0.0731. The predicted octanol–water partition coefficient (Wildman–Crippen LogP) is 2.82. The highest BCUT2D eigenvalue weighted by molar-refractivity contribution is 7.80. The largest absolute Gasteiger partial charge is 0.359 e. The van der Waals surface area contributed by atoms with Crippen LogP contribution in [0.4, 0.5) is 0 Å². The average Bonchev–Trinajstić information content (AvgIpc) is 2.96. The number of hydrogen-bond acceptors (Lipinski definition) is 2. The van der Waals surface area contributed by atoms with Gasteiger partial charge in [-0.3, -0.25) is 5.43 Å². The molecule has 0 unspecified atom stereocenters. The summed E-state index contributed by atoms with van der Waals surface area (Å²) in [6, 6.07) is 1.81. The third-order valence-electron chi connectivity index (χ3n) is 5.48. The van der Waals surface area contributed by atoms with E-state index in [0.29, 0.717) is 18.1 Å². The SMILES string of the molecule is C[C@H]1CCC[C@H](C)N1NC(=S)N[C@@H]1C[C@@H]2CC[C@@H]1C2. The summed E-state index contributed by atoms with van der Waals surface area (Å²) in [5, 5.41) is 6.78. The fourth-order valence-electron chi connectivity index (χ4n) is 4.38. The molecule has 4 heteroatoms. The molecule has 3 aliphatic rings. The molecule has 19 heavy (non-hydrogen) atoms. The van der Waals surface area contributed by atoms with Crippen molar-refractivity contribution < 1.29 is 0 Å². The Morgan fingerprint density at radius 3 is 2.37 bits per heavy atom.